The van der Waals surface area contributed by atoms with E-state index in [0.717, 1.165) is 0 Å². The molecule has 0 aliphatic heterocycles. The number of hydrogen-bond donors (Lipinski definition) is 3. The van der Waals surface area contributed by atoms with Gasteiger partial charge in [0.25, 0.3) is 10.1 Å². The Labute approximate surface area is 206 Å². The lowest BCUT2D eigenvalue weighted by molar-refractivity contribution is -0.136. The summed E-state index contributed by atoms with van der Waals surface area (Å²) in [6.45, 7) is 1.77. The van der Waals surface area contributed by atoms with Crippen LogP contribution in [0.5, 0.6) is 0 Å². The van der Waals surface area contributed by atoms with Crippen LogP contribution in [0.3, 0.4) is 0 Å². The molecule has 14 nitrogen and oxygen atoms in total. The second kappa shape index (κ2) is 13.2. The summed E-state index contributed by atoms with van der Waals surface area (Å²) in [7, 11) is -10.6. The van der Waals surface area contributed by atoms with Crippen molar-refractivity contribution in [2.45, 2.75) is 24.8 Å². The maximum absolute atomic E-state index is 12.1. The smallest absolute Gasteiger partial charge is 0.425 e. The summed E-state index contributed by atoms with van der Waals surface area (Å²) in [6.07, 6.45) is -0.420. The molecule has 0 radical (unpaired) electrons. The van der Waals surface area contributed by atoms with Crippen molar-refractivity contribution in [3.8, 4) is 0 Å². The van der Waals surface area contributed by atoms with Crippen LogP contribution in [0, 0.1) is 6.92 Å². The predicted molar refractivity (Wildman–Crippen MR) is 122 cm³/mol. The SMILES string of the molecule is Cc1c(CC(=O)O)c(=O)oc2cc(NCc3ccccc3S(=O)(=O)O)ccc12.O=S(=O)=O.O=S(=O)=O. The molecule has 0 spiro atoms. The molecule has 194 valence electrons. The minimum absolute atomic E-state index is 0.0998. The minimum atomic E-state index is -4.35. The lowest BCUT2D eigenvalue weighted by Crippen LogP contribution is -2.15. The molecule has 3 rings (SSSR count). The molecule has 3 aromatic rings. The molecule has 36 heavy (non-hydrogen) atoms. The second-order valence-electron chi connectivity index (χ2n) is 6.62. The Morgan fingerprint density at radius 2 is 1.56 bits per heavy atom. The highest BCUT2D eigenvalue weighted by Gasteiger charge is 2.16. The van der Waals surface area contributed by atoms with E-state index in [9.17, 15) is 22.6 Å². The van der Waals surface area contributed by atoms with Crippen molar-refractivity contribution < 1.29 is 52.5 Å². The number of aliphatic carboxylic acids is 1. The number of benzene rings is 2. The summed E-state index contributed by atoms with van der Waals surface area (Å²) in [5.74, 6) is -1.12. The fourth-order valence-corrected chi connectivity index (χ4v) is 3.68. The molecule has 0 fully saturated rings. The van der Waals surface area contributed by atoms with Gasteiger partial charge in [0.05, 0.1) is 16.9 Å². The largest absolute Gasteiger partial charge is 0.481 e. The maximum atomic E-state index is 12.1. The van der Waals surface area contributed by atoms with Crippen LogP contribution in [-0.4, -0.2) is 49.3 Å². The Balaban J connectivity index is 0.000000709. The number of carbonyl (C=O) groups is 1. The van der Waals surface area contributed by atoms with E-state index in [1.54, 1.807) is 37.3 Å². The molecular formula is C19H17NO13S3. The van der Waals surface area contributed by atoms with Gasteiger partial charge in [0, 0.05) is 23.7 Å². The van der Waals surface area contributed by atoms with Gasteiger partial charge in [-0.2, -0.15) is 8.42 Å². The molecule has 1 aromatic heterocycles. The molecule has 2 aromatic carbocycles. The fraction of sp³-hybridized carbons (Fsp3) is 0.158. The molecule has 3 N–H and O–H groups in total. The van der Waals surface area contributed by atoms with Crippen LogP contribution in [-0.2, 0) is 49.1 Å². The van der Waals surface area contributed by atoms with Gasteiger partial charge in [0.15, 0.2) is 0 Å². The number of carboxylic acid groups (broad SMARTS) is 1. The molecule has 1 heterocycles. The fourth-order valence-electron chi connectivity index (χ4n) is 2.96. The van der Waals surface area contributed by atoms with E-state index in [1.807, 2.05) is 0 Å². The van der Waals surface area contributed by atoms with Crippen molar-refractivity contribution in [1.29, 1.82) is 0 Å². The normalized spacial score (nSPS) is 10.3. The van der Waals surface area contributed by atoms with E-state index >= 15 is 0 Å². The molecule has 0 saturated carbocycles. The van der Waals surface area contributed by atoms with Gasteiger partial charge >= 0.3 is 32.8 Å². The standard InChI is InChI=1S/C19H17NO7S.2O3S/c1-11-14-7-6-13(8-16(14)27-19(23)15(11)9-18(21)22)20-10-12-4-2-3-5-17(12)28(24,25)26;2*1-4(2)3/h2-8,20H,9-10H2,1H3,(H,21,22)(H,24,25,26);;. The first kappa shape index (κ1) is 30.1. The first-order valence-electron chi connectivity index (χ1n) is 9.24. The zero-order valence-electron chi connectivity index (χ0n) is 18.1. The Kier molecular flexibility index (Phi) is 11.1. The number of nitrogens with one attached hydrogen (secondary N) is 1. The van der Waals surface area contributed by atoms with Crippen LogP contribution in [0.25, 0.3) is 11.0 Å². The number of anilines is 1. The summed E-state index contributed by atoms with van der Waals surface area (Å²) in [6, 6.07) is 11.0. The third-order valence-corrected chi connectivity index (χ3v) is 5.30. The first-order chi connectivity index (χ1) is 16.6. The van der Waals surface area contributed by atoms with E-state index in [4.69, 9.17) is 34.8 Å². The van der Waals surface area contributed by atoms with Crippen molar-refractivity contribution >= 4 is 54.0 Å². The molecule has 0 unspecified atom stereocenters. The Morgan fingerprint density at radius 3 is 2.08 bits per heavy atom. The average Bonchev–Trinajstić information content (AvgIpc) is 2.73. The van der Waals surface area contributed by atoms with Crippen LogP contribution in [0.4, 0.5) is 5.69 Å². The predicted octanol–water partition coefficient (Wildman–Crippen LogP) is 0.579. The number of aryl methyl sites for hydroxylation is 1. The van der Waals surface area contributed by atoms with Crippen molar-refractivity contribution in [1.82, 2.24) is 0 Å². The summed E-state index contributed by atoms with van der Waals surface area (Å²) in [5, 5.41) is 12.6. The minimum Gasteiger partial charge on any atom is -0.481 e. The zero-order chi connectivity index (χ0) is 27.6. The first-order valence-corrected chi connectivity index (χ1v) is 12.7. The topological polar surface area (TPSA) is 236 Å². The second-order valence-corrected chi connectivity index (χ2v) is 8.83. The van der Waals surface area contributed by atoms with Gasteiger partial charge < -0.3 is 14.8 Å². The Bertz CT molecular complexity index is 1620. The van der Waals surface area contributed by atoms with Crippen molar-refractivity contribution in [3.63, 3.8) is 0 Å². The summed E-state index contributed by atoms with van der Waals surface area (Å²) < 4.78 is 88.1. The van der Waals surface area contributed by atoms with Crippen molar-refractivity contribution in [2.24, 2.45) is 0 Å². The number of hydrogen-bond acceptors (Lipinski definition) is 12. The van der Waals surface area contributed by atoms with Crippen LogP contribution in [0.1, 0.15) is 16.7 Å². The molecule has 17 heteroatoms. The highest BCUT2D eigenvalue weighted by atomic mass is 32.2. The lowest BCUT2D eigenvalue weighted by atomic mass is 10.0. The molecule has 0 amide bonds. The van der Waals surface area contributed by atoms with Crippen molar-refractivity contribution in [3.05, 3.63) is 69.6 Å². The third-order valence-electron chi connectivity index (χ3n) is 4.35. The van der Waals surface area contributed by atoms with E-state index in [2.05, 4.69) is 5.32 Å². The van der Waals surface area contributed by atoms with Gasteiger partial charge in [-0.25, -0.2) is 4.79 Å². The summed E-state index contributed by atoms with van der Waals surface area (Å²) in [5.41, 5.74) is 1.15. The quantitative estimate of drug-likeness (QED) is 0.275. The Hall–Kier alpha value is -3.93. The van der Waals surface area contributed by atoms with E-state index in [1.165, 1.54) is 12.1 Å². The maximum Gasteiger partial charge on any atom is 0.425 e. The van der Waals surface area contributed by atoms with Gasteiger partial charge in [-0.3, -0.25) is 9.35 Å². The van der Waals surface area contributed by atoms with Gasteiger partial charge in [0.2, 0.25) is 0 Å². The molecule has 0 aliphatic carbocycles. The van der Waals surface area contributed by atoms with E-state index in [-0.39, 0.29) is 22.6 Å². The lowest BCUT2D eigenvalue weighted by Gasteiger charge is -2.11. The van der Waals surface area contributed by atoms with Gasteiger partial charge in [0.1, 0.15) is 5.58 Å². The van der Waals surface area contributed by atoms with E-state index < -0.39 is 49.4 Å². The molecule has 0 saturated heterocycles. The molecule has 0 aliphatic rings. The zero-order valence-corrected chi connectivity index (χ0v) is 20.5. The highest BCUT2D eigenvalue weighted by Crippen LogP contribution is 2.24. The van der Waals surface area contributed by atoms with Crippen LogP contribution in [0.2, 0.25) is 0 Å². The van der Waals surface area contributed by atoms with Crippen LogP contribution >= 0.6 is 0 Å². The molecule has 0 bridgehead atoms. The van der Waals surface area contributed by atoms with Gasteiger partial charge in [-0.1, -0.05) is 18.2 Å². The van der Waals surface area contributed by atoms with Crippen LogP contribution < -0.4 is 10.9 Å². The average molecular weight is 564 g/mol. The summed E-state index contributed by atoms with van der Waals surface area (Å²) in [4.78, 5) is 22.8. The number of rotatable bonds is 6. The molecular weight excluding hydrogens is 546 g/mol. The third kappa shape index (κ3) is 9.74. The summed E-state index contributed by atoms with van der Waals surface area (Å²) >= 11 is 0. The van der Waals surface area contributed by atoms with Crippen LogP contribution in [0.15, 0.2) is 56.6 Å². The monoisotopic (exact) mass is 563 g/mol. The molecule has 0 atom stereocenters. The number of fused-ring (bicyclic) bond motifs is 1. The Morgan fingerprint density at radius 1 is 1.00 bits per heavy atom. The highest BCUT2D eigenvalue weighted by molar-refractivity contribution is 7.85. The van der Waals surface area contributed by atoms with Gasteiger partial charge in [-0.15, -0.1) is 25.3 Å². The number of carboxylic acids is 1. The van der Waals surface area contributed by atoms with Crippen molar-refractivity contribution in [2.75, 3.05) is 5.32 Å². The van der Waals surface area contributed by atoms with E-state index in [0.29, 0.717) is 22.2 Å². The van der Waals surface area contributed by atoms with Gasteiger partial charge in [-0.05, 0) is 36.2 Å².